The van der Waals surface area contributed by atoms with Crippen molar-refractivity contribution in [2.24, 2.45) is 0 Å². The molecule has 17 heavy (non-hydrogen) atoms. The van der Waals surface area contributed by atoms with E-state index in [1.807, 2.05) is 12.1 Å². The fourth-order valence-electron chi connectivity index (χ4n) is 1.68. The summed E-state index contributed by atoms with van der Waals surface area (Å²) in [7, 11) is 1.67. The summed E-state index contributed by atoms with van der Waals surface area (Å²) >= 11 is 0. The summed E-state index contributed by atoms with van der Waals surface area (Å²) in [6, 6.07) is 7.24. The number of nitrogens with one attached hydrogen (secondary N) is 1. The number of terminal acetylenes is 1. The van der Waals surface area contributed by atoms with Crippen molar-refractivity contribution in [1.82, 2.24) is 9.88 Å². The average molecular weight is 227 g/mol. The molecular formula is C13H13N3O. The molecule has 1 amide bonds. The number of anilines is 1. The number of nitrogens with two attached hydrogens (primary N) is 1. The van der Waals surface area contributed by atoms with Crippen LogP contribution in [0, 0.1) is 12.3 Å². The second-order valence-electron chi connectivity index (χ2n) is 3.90. The first-order valence-corrected chi connectivity index (χ1v) is 5.19. The SMILES string of the molecule is C#CCN(C)C(=O)c1cc2cc(N)ccc2[nH]1. The van der Waals surface area contributed by atoms with Crippen LogP contribution >= 0.6 is 0 Å². The van der Waals surface area contributed by atoms with Crippen LogP contribution in [0.2, 0.25) is 0 Å². The lowest BCUT2D eigenvalue weighted by Gasteiger charge is -2.11. The minimum Gasteiger partial charge on any atom is -0.399 e. The molecule has 0 spiro atoms. The molecule has 2 aromatic rings. The number of carbonyl (C=O) groups is 1. The summed E-state index contributed by atoms with van der Waals surface area (Å²) in [5.74, 6) is 2.31. The van der Waals surface area contributed by atoms with Gasteiger partial charge in [-0.15, -0.1) is 6.42 Å². The molecule has 0 saturated heterocycles. The van der Waals surface area contributed by atoms with Crippen LogP contribution in [-0.2, 0) is 0 Å². The molecule has 1 aromatic heterocycles. The van der Waals surface area contributed by atoms with E-state index in [1.165, 1.54) is 4.90 Å². The van der Waals surface area contributed by atoms with Gasteiger partial charge < -0.3 is 15.6 Å². The Morgan fingerprint density at radius 2 is 2.29 bits per heavy atom. The first kappa shape index (κ1) is 11.1. The maximum atomic E-state index is 12.0. The first-order chi connectivity index (χ1) is 8.11. The van der Waals surface area contributed by atoms with Crippen molar-refractivity contribution in [3.05, 3.63) is 30.0 Å². The minimum absolute atomic E-state index is 0.127. The van der Waals surface area contributed by atoms with Crippen LogP contribution in [0.4, 0.5) is 5.69 Å². The molecule has 4 heteroatoms. The smallest absolute Gasteiger partial charge is 0.270 e. The average Bonchev–Trinajstić information content (AvgIpc) is 2.71. The highest BCUT2D eigenvalue weighted by atomic mass is 16.2. The third-order valence-electron chi connectivity index (χ3n) is 2.55. The zero-order chi connectivity index (χ0) is 12.4. The van der Waals surface area contributed by atoms with Crippen LogP contribution in [-0.4, -0.2) is 29.4 Å². The standard InChI is InChI=1S/C13H13N3O/c1-3-6-16(2)13(17)12-8-9-7-10(14)4-5-11(9)15-12/h1,4-5,7-8,15H,6,14H2,2H3. The van der Waals surface area contributed by atoms with Crippen LogP contribution in [0.15, 0.2) is 24.3 Å². The van der Waals surface area contributed by atoms with Gasteiger partial charge in [0.1, 0.15) is 5.69 Å². The van der Waals surface area contributed by atoms with Gasteiger partial charge in [0.25, 0.3) is 5.91 Å². The number of benzene rings is 1. The van der Waals surface area contributed by atoms with Crippen molar-refractivity contribution in [2.75, 3.05) is 19.3 Å². The highest BCUT2D eigenvalue weighted by molar-refractivity contribution is 5.98. The van der Waals surface area contributed by atoms with E-state index in [1.54, 1.807) is 19.2 Å². The number of carbonyl (C=O) groups excluding carboxylic acids is 1. The molecule has 0 unspecified atom stereocenters. The number of aromatic amines is 1. The lowest BCUT2D eigenvalue weighted by molar-refractivity contribution is 0.0808. The van der Waals surface area contributed by atoms with Crippen LogP contribution in [0.5, 0.6) is 0 Å². The maximum absolute atomic E-state index is 12.0. The Kier molecular flexibility index (Phi) is 2.75. The Bertz CT molecular complexity index is 607. The minimum atomic E-state index is -0.127. The highest BCUT2D eigenvalue weighted by Crippen LogP contribution is 2.18. The van der Waals surface area contributed by atoms with E-state index in [9.17, 15) is 4.79 Å². The molecule has 0 radical (unpaired) electrons. The molecule has 86 valence electrons. The number of fused-ring (bicyclic) bond motifs is 1. The van der Waals surface area contributed by atoms with E-state index in [0.717, 1.165) is 10.9 Å². The van der Waals surface area contributed by atoms with Crippen LogP contribution in [0.1, 0.15) is 10.5 Å². The van der Waals surface area contributed by atoms with Crippen LogP contribution in [0.25, 0.3) is 10.9 Å². The fourth-order valence-corrected chi connectivity index (χ4v) is 1.68. The molecule has 0 bridgehead atoms. The predicted octanol–water partition coefficient (Wildman–Crippen LogP) is 1.46. The Morgan fingerprint density at radius 3 is 3.00 bits per heavy atom. The largest absolute Gasteiger partial charge is 0.399 e. The van der Waals surface area contributed by atoms with Crippen LogP contribution < -0.4 is 5.73 Å². The van der Waals surface area contributed by atoms with E-state index in [4.69, 9.17) is 12.2 Å². The Morgan fingerprint density at radius 1 is 1.53 bits per heavy atom. The van der Waals surface area contributed by atoms with Crippen molar-refractivity contribution in [2.45, 2.75) is 0 Å². The highest BCUT2D eigenvalue weighted by Gasteiger charge is 2.13. The maximum Gasteiger partial charge on any atom is 0.270 e. The molecule has 2 rings (SSSR count). The summed E-state index contributed by atoms with van der Waals surface area (Å²) < 4.78 is 0. The summed E-state index contributed by atoms with van der Waals surface area (Å²) in [6.07, 6.45) is 5.17. The molecule has 4 nitrogen and oxygen atoms in total. The van der Waals surface area contributed by atoms with E-state index in [0.29, 0.717) is 11.4 Å². The van der Waals surface area contributed by atoms with Crippen molar-refractivity contribution >= 4 is 22.5 Å². The number of hydrogen-bond acceptors (Lipinski definition) is 2. The summed E-state index contributed by atoms with van der Waals surface area (Å²) in [5, 5.41) is 0.919. The number of nitrogens with zero attached hydrogens (tertiary/aromatic N) is 1. The Hall–Kier alpha value is -2.41. The van der Waals surface area contributed by atoms with E-state index in [2.05, 4.69) is 10.9 Å². The lowest BCUT2D eigenvalue weighted by atomic mass is 10.2. The molecule has 0 fully saturated rings. The topological polar surface area (TPSA) is 62.1 Å². The van der Waals surface area contributed by atoms with Crippen molar-refractivity contribution in [3.8, 4) is 12.3 Å². The monoisotopic (exact) mass is 227 g/mol. The van der Waals surface area contributed by atoms with Crippen molar-refractivity contribution in [1.29, 1.82) is 0 Å². The predicted molar refractivity (Wildman–Crippen MR) is 68.5 cm³/mol. The normalized spacial score (nSPS) is 10.1. The number of nitrogen functional groups attached to an aromatic ring is 1. The number of amides is 1. The van der Waals surface area contributed by atoms with E-state index >= 15 is 0 Å². The van der Waals surface area contributed by atoms with Gasteiger partial charge in [0, 0.05) is 23.6 Å². The summed E-state index contributed by atoms with van der Waals surface area (Å²) in [5.41, 5.74) is 7.76. The van der Waals surface area contributed by atoms with Gasteiger partial charge in [-0.25, -0.2) is 0 Å². The molecule has 1 aromatic carbocycles. The van der Waals surface area contributed by atoms with Gasteiger partial charge in [-0.1, -0.05) is 5.92 Å². The van der Waals surface area contributed by atoms with E-state index in [-0.39, 0.29) is 12.5 Å². The molecule has 0 saturated carbocycles. The van der Waals surface area contributed by atoms with Gasteiger partial charge in [-0.3, -0.25) is 4.79 Å². The van der Waals surface area contributed by atoms with Crippen molar-refractivity contribution < 1.29 is 4.79 Å². The molecular weight excluding hydrogens is 214 g/mol. The molecule has 1 heterocycles. The summed E-state index contributed by atoms with van der Waals surface area (Å²) in [6.45, 7) is 0.288. The number of rotatable bonds is 2. The van der Waals surface area contributed by atoms with E-state index < -0.39 is 0 Å². The van der Waals surface area contributed by atoms with Gasteiger partial charge in [0.05, 0.1) is 6.54 Å². The molecule has 0 aliphatic carbocycles. The molecule has 0 aliphatic heterocycles. The number of aromatic nitrogens is 1. The van der Waals surface area contributed by atoms with Crippen molar-refractivity contribution in [3.63, 3.8) is 0 Å². The van der Waals surface area contributed by atoms with Gasteiger partial charge in [-0.2, -0.15) is 0 Å². The lowest BCUT2D eigenvalue weighted by Crippen LogP contribution is -2.27. The molecule has 0 atom stereocenters. The molecule has 0 aliphatic rings. The van der Waals surface area contributed by atoms with Gasteiger partial charge in [-0.05, 0) is 24.3 Å². The Labute approximate surface area is 99.4 Å². The molecule has 3 N–H and O–H groups in total. The third-order valence-corrected chi connectivity index (χ3v) is 2.55. The number of H-pyrrole nitrogens is 1. The number of hydrogen-bond donors (Lipinski definition) is 2. The van der Waals surface area contributed by atoms with Crippen LogP contribution in [0.3, 0.4) is 0 Å². The van der Waals surface area contributed by atoms with Gasteiger partial charge in [0.2, 0.25) is 0 Å². The second-order valence-corrected chi connectivity index (χ2v) is 3.90. The quantitative estimate of drug-likeness (QED) is 0.602. The fraction of sp³-hybridized carbons (Fsp3) is 0.154. The van der Waals surface area contributed by atoms with Gasteiger partial charge in [0.15, 0.2) is 0 Å². The Balaban J connectivity index is 2.37. The van der Waals surface area contributed by atoms with Gasteiger partial charge >= 0.3 is 0 Å². The third kappa shape index (κ3) is 2.08. The second kappa shape index (κ2) is 4.22. The zero-order valence-corrected chi connectivity index (χ0v) is 9.53. The first-order valence-electron chi connectivity index (χ1n) is 5.19. The summed E-state index contributed by atoms with van der Waals surface area (Å²) in [4.78, 5) is 16.5. The zero-order valence-electron chi connectivity index (χ0n) is 9.53.